The van der Waals surface area contributed by atoms with Gasteiger partial charge in [0.1, 0.15) is 4.99 Å². The number of ketones is 1. The minimum atomic E-state index is -2.95. The SMILES string of the molecule is CCCC1(CCC(C)C(=O)[C@@H](CCCc2ccccc2)NC(=O)C(C)(C)N)C2=S(=O)(NC(=O)OC)N2c2ccccc21. The highest BCUT2D eigenvalue weighted by atomic mass is 32.2. The molecule has 4 atom stereocenters. The van der Waals surface area contributed by atoms with Gasteiger partial charge < -0.3 is 15.8 Å². The number of nitrogens with zero attached hydrogens (tertiary/aromatic N) is 1. The highest BCUT2D eigenvalue weighted by molar-refractivity contribution is 8.12. The maximum absolute atomic E-state index is 14.0. The Balaban J connectivity index is 1.55. The Morgan fingerprint density at radius 3 is 2.36 bits per heavy atom. The van der Waals surface area contributed by atoms with Crippen molar-refractivity contribution in [1.29, 1.82) is 0 Å². The Hall–Kier alpha value is -3.37. The Morgan fingerprint density at radius 2 is 1.71 bits per heavy atom. The maximum Gasteiger partial charge on any atom is 0.419 e. The second kappa shape index (κ2) is 12.5. The zero-order valence-electron chi connectivity index (χ0n) is 25.3. The summed E-state index contributed by atoms with van der Waals surface area (Å²) in [6, 6.07) is 17.2. The Labute approximate surface area is 249 Å². The molecule has 2 aromatic rings. The standard InChI is InChI=1S/C32H44N4O5S/c1-6-20-32(24-16-10-11-18-26(24)36-29(32)42(36,40)35-30(39)41-5)21-19-22(2)27(37)25(34-28(38)31(3,4)33)17-12-15-23-13-8-7-9-14-23/h7-11,13-14,16,18,22,25H,6,12,15,17,19-21,33H2,1-5H3,(H,34,38)(H,35,39,40)/t22?,25-,32?,36?,42?/m1/s1. The topological polar surface area (TPSA) is 131 Å². The minimum Gasteiger partial charge on any atom is -0.452 e. The van der Waals surface area contributed by atoms with Crippen LogP contribution in [0.25, 0.3) is 0 Å². The van der Waals surface area contributed by atoms with Crippen LogP contribution in [0.4, 0.5) is 10.5 Å². The average Bonchev–Trinajstić information content (AvgIpc) is 3.45. The molecule has 2 amide bonds. The van der Waals surface area contributed by atoms with E-state index in [1.165, 1.54) is 12.7 Å². The zero-order valence-corrected chi connectivity index (χ0v) is 26.1. The fourth-order valence-corrected chi connectivity index (χ4v) is 8.70. The van der Waals surface area contributed by atoms with Crippen molar-refractivity contribution in [3.05, 3.63) is 65.7 Å². The predicted octanol–water partition coefficient (Wildman–Crippen LogP) is 4.39. The first kappa shape index (κ1) is 31.6. The number of methoxy groups -OCH3 is 1. The molecule has 0 saturated carbocycles. The summed E-state index contributed by atoms with van der Waals surface area (Å²) in [5.74, 6) is -0.769. The lowest BCUT2D eigenvalue weighted by molar-refractivity contribution is -0.132. The number of hydrogen-bond acceptors (Lipinski definition) is 6. The monoisotopic (exact) mass is 596 g/mol. The van der Waals surface area contributed by atoms with Crippen molar-refractivity contribution in [3.8, 4) is 0 Å². The van der Waals surface area contributed by atoms with Crippen LogP contribution in [0, 0.1) is 5.92 Å². The first-order valence-electron chi connectivity index (χ1n) is 14.7. The zero-order chi connectivity index (χ0) is 30.7. The molecule has 0 radical (unpaired) electrons. The van der Waals surface area contributed by atoms with E-state index in [0.29, 0.717) is 24.3 Å². The van der Waals surface area contributed by atoms with Crippen molar-refractivity contribution in [3.63, 3.8) is 0 Å². The lowest BCUT2D eigenvalue weighted by Crippen LogP contribution is -2.54. The number of para-hydroxylation sites is 1. The van der Waals surface area contributed by atoms with Gasteiger partial charge in [-0.3, -0.25) is 9.59 Å². The van der Waals surface area contributed by atoms with Crippen LogP contribution in [0.2, 0.25) is 0 Å². The van der Waals surface area contributed by atoms with Crippen molar-refractivity contribution in [2.75, 3.05) is 11.4 Å². The fourth-order valence-electron chi connectivity index (χ4n) is 6.08. The molecule has 10 heteroatoms. The van der Waals surface area contributed by atoms with E-state index in [9.17, 15) is 18.6 Å². The number of nitrogens with two attached hydrogens (primary N) is 1. The average molecular weight is 597 g/mol. The summed E-state index contributed by atoms with van der Waals surface area (Å²) < 4.78 is 23.0. The van der Waals surface area contributed by atoms with Gasteiger partial charge in [-0.1, -0.05) is 68.8 Å². The number of Topliss-reactive ketones (excluding diaryl/α,β-unsaturated/α-hetero) is 1. The molecule has 9 nitrogen and oxygen atoms in total. The predicted molar refractivity (Wildman–Crippen MR) is 167 cm³/mol. The third-order valence-corrected chi connectivity index (χ3v) is 10.6. The molecule has 2 heterocycles. The number of amides is 2. The number of aryl methyl sites for hydroxylation is 1. The number of rotatable bonds is 14. The highest BCUT2D eigenvalue weighted by Gasteiger charge is 2.62. The Bertz CT molecular complexity index is 1440. The van der Waals surface area contributed by atoms with Crippen molar-refractivity contribution in [1.82, 2.24) is 10.0 Å². The summed E-state index contributed by atoms with van der Waals surface area (Å²) in [6.07, 6.45) is 3.93. The van der Waals surface area contributed by atoms with Gasteiger partial charge in [0.05, 0.1) is 29.8 Å². The summed E-state index contributed by atoms with van der Waals surface area (Å²) in [5.41, 5.74) is 7.42. The molecule has 0 bridgehead atoms. The van der Waals surface area contributed by atoms with E-state index in [0.717, 1.165) is 36.9 Å². The lowest BCUT2D eigenvalue weighted by atomic mass is 9.73. The van der Waals surface area contributed by atoms with Gasteiger partial charge >= 0.3 is 6.09 Å². The van der Waals surface area contributed by atoms with E-state index < -0.39 is 33.0 Å². The molecule has 0 aliphatic carbocycles. The summed E-state index contributed by atoms with van der Waals surface area (Å²) in [7, 11) is -1.70. The molecule has 0 saturated heterocycles. The molecule has 228 valence electrons. The molecule has 0 aromatic heterocycles. The van der Waals surface area contributed by atoms with Crippen molar-refractivity contribution < 1.29 is 23.3 Å². The summed E-state index contributed by atoms with van der Waals surface area (Å²) >= 11 is 0. The lowest BCUT2D eigenvalue weighted by Gasteiger charge is -2.30. The van der Waals surface area contributed by atoms with Crippen LogP contribution in [0.1, 0.15) is 77.3 Å². The van der Waals surface area contributed by atoms with E-state index in [4.69, 9.17) is 10.5 Å². The normalized spacial score (nSPS) is 22.0. The van der Waals surface area contributed by atoms with Crippen LogP contribution in [-0.4, -0.2) is 45.7 Å². The number of benzene rings is 2. The Morgan fingerprint density at radius 1 is 1.05 bits per heavy atom. The highest BCUT2D eigenvalue weighted by Crippen LogP contribution is 2.56. The van der Waals surface area contributed by atoms with Crippen LogP contribution in [0.5, 0.6) is 0 Å². The van der Waals surface area contributed by atoms with Crippen LogP contribution in [0.3, 0.4) is 0 Å². The molecule has 0 spiro atoms. The number of nitrogens with one attached hydrogen (secondary N) is 2. The largest absolute Gasteiger partial charge is 0.452 e. The molecule has 3 unspecified atom stereocenters. The molecule has 4 N–H and O–H groups in total. The number of ether oxygens (including phenoxy) is 1. The number of anilines is 1. The van der Waals surface area contributed by atoms with Crippen LogP contribution >= 0.6 is 0 Å². The van der Waals surface area contributed by atoms with Gasteiger partial charge in [0.15, 0.2) is 15.7 Å². The third-order valence-electron chi connectivity index (χ3n) is 8.33. The molecule has 42 heavy (non-hydrogen) atoms. The molecule has 4 rings (SSSR count). The van der Waals surface area contributed by atoms with Gasteiger partial charge in [-0.15, -0.1) is 0 Å². The molecule has 0 fully saturated rings. The molecule has 2 aliphatic rings. The summed E-state index contributed by atoms with van der Waals surface area (Å²) in [6.45, 7) is 7.22. The van der Waals surface area contributed by atoms with E-state index >= 15 is 0 Å². The van der Waals surface area contributed by atoms with E-state index in [-0.39, 0.29) is 17.6 Å². The second-order valence-corrected chi connectivity index (χ2v) is 14.0. The third kappa shape index (κ3) is 6.20. The minimum absolute atomic E-state index is 0.0373. The van der Waals surface area contributed by atoms with Crippen LogP contribution < -0.4 is 20.1 Å². The number of fused-ring (bicyclic) bond motifs is 3. The number of carbonyl (C=O) groups excluding carboxylic acids is 3. The second-order valence-electron chi connectivity index (χ2n) is 12.0. The summed E-state index contributed by atoms with van der Waals surface area (Å²) in [4.78, 5) is 39.5. The molecule has 2 aromatic carbocycles. The van der Waals surface area contributed by atoms with Gasteiger partial charge in [-0.25, -0.2) is 18.0 Å². The molecule has 2 aliphatic heterocycles. The van der Waals surface area contributed by atoms with Gasteiger partial charge in [0.25, 0.3) is 0 Å². The first-order valence-corrected chi connectivity index (χ1v) is 16.2. The van der Waals surface area contributed by atoms with Gasteiger partial charge in [0, 0.05) is 5.92 Å². The van der Waals surface area contributed by atoms with Crippen molar-refractivity contribution in [2.24, 2.45) is 11.7 Å². The smallest absolute Gasteiger partial charge is 0.419 e. The summed E-state index contributed by atoms with van der Waals surface area (Å²) in [5, 5.41) is 2.93. The quantitative estimate of drug-likeness (QED) is 0.277. The number of hydrogen-bond donors (Lipinski definition) is 3. The van der Waals surface area contributed by atoms with Crippen LogP contribution in [-0.2, 0) is 36.1 Å². The molecular weight excluding hydrogens is 552 g/mol. The maximum atomic E-state index is 14.0. The fraction of sp³-hybridized carbons (Fsp3) is 0.500. The van der Waals surface area contributed by atoms with Gasteiger partial charge in [-0.2, -0.15) is 0 Å². The van der Waals surface area contributed by atoms with E-state index in [2.05, 4.69) is 29.1 Å². The van der Waals surface area contributed by atoms with E-state index in [1.807, 2.05) is 49.4 Å². The molecular formula is C32H44N4O5S. The first-order chi connectivity index (χ1) is 19.9. The number of carbonyl (C=O) groups is 3. The van der Waals surface area contributed by atoms with E-state index in [1.54, 1.807) is 18.2 Å². The Kier molecular flexibility index (Phi) is 9.37. The van der Waals surface area contributed by atoms with Crippen LogP contribution in [0.15, 0.2) is 54.6 Å². The van der Waals surface area contributed by atoms with Gasteiger partial charge in [0.2, 0.25) is 5.91 Å². The van der Waals surface area contributed by atoms with Crippen molar-refractivity contribution >= 4 is 38.4 Å². The van der Waals surface area contributed by atoms with Gasteiger partial charge in [-0.05, 0) is 69.6 Å². The van der Waals surface area contributed by atoms with Crippen molar-refractivity contribution in [2.45, 2.75) is 89.6 Å².